The molecule has 6 heteroatoms. The molecule has 2 unspecified atom stereocenters. The largest absolute Gasteiger partial charge is 0.464 e. The van der Waals surface area contributed by atoms with E-state index in [-0.39, 0.29) is 18.6 Å². The maximum Gasteiger partial charge on any atom is 0.331 e. The summed E-state index contributed by atoms with van der Waals surface area (Å²) in [4.78, 5) is 22.0. The van der Waals surface area contributed by atoms with Crippen LogP contribution in [0.5, 0.6) is 0 Å². The molecule has 1 rings (SSSR count). The fourth-order valence-electron chi connectivity index (χ4n) is 1.49. The molecule has 0 saturated heterocycles. The van der Waals surface area contributed by atoms with E-state index >= 15 is 0 Å². The van der Waals surface area contributed by atoms with Gasteiger partial charge in [-0.3, -0.25) is 4.79 Å². The second kappa shape index (κ2) is 6.70. The van der Waals surface area contributed by atoms with Gasteiger partial charge in [0.1, 0.15) is 11.9 Å². The molecule has 0 fully saturated rings. The van der Waals surface area contributed by atoms with Gasteiger partial charge in [-0.05, 0) is 13.0 Å². The molecule has 1 aromatic carbocycles. The van der Waals surface area contributed by atoms with Gasteiger partial charge >= 0.3 is 5.97 Å². The average Bonchev–Trinajstić information content (AvgIpc) is 2.36. The van der Waals surface area contributed by atoms with Crippen molar-refractivity contribution in [3.63, 3.8) is 0 Å². The first-order valence-electron chi connectivity index (χ1n) is 5.40. The molecule has 0 saturated carbocycles. The fourth-order valence-corrected chi connectivity index (χ4v) is 1.49. The summed E-state index contributed by atoms with van der Waals surface area (Å²) in [5, 5.41) is 12.0. The van der Waals surface area contributed by atoms with Crippen molar-refractivity contribution >= 4 is 12.4 Å². The number of carbonyl (C=O) groups excluding carboxylic acids is 2. The van der Waals surface area contributed by atoms with Gasteiger partial charge < -0.3 is 15.2 Å². The van der Waals surface area contributed by atoms with Crippen molar-refractivity contribution in [2.45, 2.75) is 19.1 Å². The first-order chi connectivity index (χ1) is 8.61. The quantitative estimate of drug-likeness (QED) is 0.574. The van der Waals surface area contributed by atoms with Crippen LogP contribution >= 0.6 is 0 Å². The Bertz CT molecular complexity index is 424. The van der Waals surface area contributed by atoms with Crippen LogP contribution in [0, 0.1) is 5.82 Å². The number of amides is 1. The summed E-state index contributed by atoms with van der Waals surface area (Å²) >= 11 is 0. The minimum atomic E-state index is -1.50. The van der Waals surface area contributed by atoms with Crippen LogP contribution < -0.4 is 5.32 Å². The van der Waals surface area contributed by atoms with Crippen LogP contribution in [0.4, 0.5) is 4.39 Å². The summed E-state index contributed by atoms with van der Waals surface area (Å²) in [5.41, 5.74) is -0.0788. The lowest BCUT2D eigenvalue weighted by molar-refractivity contribution is -0.149. The number of halogens is 1. The highest BCUT2D eigenvalue weighted by atomic mass is 19.1. The van der Waals surface area contributed by atoms with E-state index in [2.05, 4.69) is 5.32 Å². The standard InChI is InChI=1S/C12H14FNO4/c1-2-18-12(17)10(14-7-15)11(16)8-5-3-4-6-9(8)13/h3-7,10-11,16H,2H2,1H3,(H,14,15). The molecule has 0 aliphatic rings. The summed E-state index contributed by atoms with van der Waals surface area (Å²) in [5.74, 6) is -1.48. The molecular formula is C12H14FNO4. The van der Waals surface area contributed by atoms with E-state index in [4.69, 9.17) is 4.74 Å². The smallest absolute Gasteiger partial charge is 0.331 e. The molecule has 1 amide bonds. The zero-order chi connectivity index (χ0) is 13.5. The van der Waals surface area contributed by atoms with Gasteiger partial charge in [0.05, 0.1) is 6.61 Å². The Kier molecular flexibility index (Phi) is 5.26. The van der Waals surface area contributed by atoms with Gasteiger partial charge in [-0.25, -0.2) is 9.18 Å². The molecule has 18 heavy (non-hydrogen) atoms. The van der Waals surface area contributed by atoms with Crippen molar-refractivity contribution in [3.05, 3.63) is 35.6 Å². The Hall–Kier alpha value is -1.95. The summed E-state index contributed by atoms with van der Waals surface area (Å²) < 4.78 is 18.2. The maximum atomic E-state index is 13.5. The predicted octanol–water partition coefficient (Wildman–Crippen LogP) is 0.537. The van der Waals surface area contributed by atoms with Crippen LogP contribution in [-0.4, -0.2) is 30.1 Å². The molecule has 0 aliphatic heterocycles. The lowest BCUT2D eigenvalue weighted by Gasteiger charge is -2.21. The minimum absolute atomic E-state index is 0.0788. The lowest BCUT2D eigenvalue weighted by atomic mass is 10.0. The van der Waals surface area contributed by atoms with Gasteiger partial charge in [0.15, 0.2) is 6.04 Å². The molecule has 0 heterocycles. The normalized spacial score (nSPS) is 13.5. The van der Waals surface area contributed by atoms with Crippen LogP contribution in [0.3, 0.4) is 0 Å². The number of benzene rings is 1. The molecule has 0 aliphatic carbocycles. The Morgan fingerprint density at radius 2 is 2.22 bits per heavy atom. The lowest BCUT2D eigenvalue weighted by Crippen LogP contribution is -2.42. The molecule has 98 valence electrons. The molecular weight excluding hydrogens is 241 g/mol. The molecule has 0 bridgehead atoms. The topological polar surface area (TPSA) is 75.6 Å². The number of rotatable bonds is 6. The molecule has 0 aromatic heterocycles. The number of nitrogens with one attached hydrogen (secondary N) is 1. The fraction of sp³-hybridized carbons (Fsp3) is 0.333. The van der Waals surface area contributed by atoms with Crippen LogP contribution in [0.15, 0.2) is 24.3 Å². The number of carbonyl (C=O) groups is 2. The first-order valence-corrected chi connectivity index (χ1v) is 5.40. The van der Waals surface area contributed by atoms with Crippen molar-refractivity contribution in [2.24, 2.45) is 0 Å². The molecule has 2 atom stereocenters. The van der Waals surface area contributed by atoms with Crippen molar-refractivity contribution < 1.29 is 23.8 Å². The first kappa shape index (κ1) is 14.1. The zero-order valence-corrected chi connectivity index (χ0v) is 9.80. The molecule has 0 radical (unpaired) electrons. The van der Waals surface area contributed by atoms with E-state index < -0.39 is 23.9 Å². The van der Waals surface area contributed by atoms with Crippen molar-refractivity contribution in [1.29, 1.82) is 0 Å². The minimum Gasteiger partial charge on any atom is -0.464 e. The summed E-state index contributed by atoms with van der Waals surface area (Å²) in [6.45, 7) is 1.69. The highest BCUT2D eigenvalue weighted by Crippen LogP contribution is 2.20. The van der Waals surface area contributed by atoms with Crippen LogP contribution in [0.2, 0.25) is 0 Å². The Morgan fingerprint density at radius 3 is 2.78 bits per heavy atom. The van der Waals surface area contributed by atoms with Gasteiger partial charge in [-0.15, -0.1) is 0 Å². The second-order valence-corrected chi connectivity index (χ2v) is 3.48. The summed E-state index contributed by atoms with van der Waals surface area (Å²) in [6.07, 6.45) is -1.25. The zero-order valence-electron chi connectivity index (χ0n) is 9.80. The third kappa shape index (κ3) is 3.27. The van der Waals surface area contributed by atoms with E-state index in [0.29, 0.717) is 0 Å². The molecule has 2 N–H and O–H groups in total. The van der Waals surface area contributed by atoms with E-state index in [1.54, 1.807) is 6.92 Å². The van der Waals surface area contributed by atoms with Crippen LogP contribution in [0.25, 0.3) is 0 Å². The molecule has 5 nitrogen and oxygen atoms in total. The maximum absolute atomic E-state index is 13.5. The van der Waals surface area contributed by atoms with E-state index in [0.717, 1.165) is 6.07 Å². The van der Waals surface area contributed by atoms with Gasteiger partial charge in [-0.2, -0.15) is 0 Å². The highest BCUT2D eigenvalue weighted by molar-refractivity contribution is 5.79. The second-order valence-electron chi connectivity index (χ2n) is 3.48. The Morgan fingerprint density at radius 1 is 1.56 bits per heavy atom. The van der Waals surface area contributed by atoms with E-state index in [1.807, 2.05) is 0 Å². The number of hydrogen-bond donors (Lipinski definition) is 2. The SMILES string of the molecule is CCOC(=O)C(NC=O)C(O)c1ccccc1F. The van der Waals surface area contributed by atoms with Gasteiger partial charge in [-0.1, -0.05) is 18.2 Å². The third-order valence-electron chi connectivity index (χ3n) is 2.33. The number of ether oxygens (including phenoxy) is 1. The number of hydrogen-bond acceptors (Lipinski definition) is 4. The van der Waals surface area contributed by atoms with Crippen molar-refractivity contribution in [1.82, 2.24) is 5.32 Å². The molecule has 0 spiro atoms. The Balaban J connectivity index is 2.95. The third-order valence-corrected chi connectivity index (χ3v) is 2.33. The average molecular weight is 255 g/mol. The number of aliphatic hydroxyl groups is 1. The summed E-state index contributed by atoms with van der Waals surface area (Å²) in [7, 11) is 0. The van der Waals surface area contributed by atoms with E-state index in [1.165, 1.54) is 18.2 Å². The number of esters is 1. The van der Waals surface area contributed by atoms with E-state index in [9.17, 15) is 19.1 Å². The van der Waals surface area contributed by atoms with Gasteiger partial charge in [0, 0.05) is 5.56 Å². The van der Waals surface area contributed by atoms with Crippen molar-refractivity contribution in [2.75, 3.05) is 6.61 Å². The number of aliphatic hydroxyl groups excluding tert-OH is 1. The predicted molar refractivity (Wildman–Crippen MR) is 61.0 cm³/mol. The summed E-state index contributed by atoms with van der Waals surface area (Å²) in [6, 6.07) is 4.13. The highest BCUT2D eigenvalue weighted by Gasteiger charge is 2.30. The van der Waals surface area contributed by atoms with Crippen LogP contribution in [-0.2, 0) is 14.3 Å². The Labute approximate surface area is 104 Å². The van der Waals surface area contributed by atoms with Crippen molar-refractivity contribution in [3.8, 4) is 0 Å². The van der Waals surface area contributed by atoms with Gasteiger partial charge in [0.25, 0.3) is 0 Å². The van der Waals surface area contributed by atoms with Crippen LogP contribution in [0.1, 0.15) is 18.6 Å². The molecule has 1 aromatic rings. The monoisotopic (exact) mass is 255 g/mol. The van der Waals surface area contributed by atoms with Gasteiger partial charge in [0.2, 0.25) is 6.41 Å².